The van der Waals surface area contributed by atoms with Crippen molar-refractivity contribution in [2.24, 2.45) is 5.92 Å². The predicted octanol–water partition coefficient (Wildman–Crippen LogP) is 4.58. The summed E-state index contributed by atoms with van der Waals surface area (Å²) in [4.78, 5) is 14.5. The van der Waals surface area contributed by atoms with Gasteiger partial charge in [0.25, 0.3) is 0 Å². The number of anilines is 1. The lowest BCUT2D eigenvalue weighted by Crippen LogP contribution is -2.39. The Balaban J connectivity index is 1.39. The summed E-state index contributed by atoms with van der Waals surface area (Å²) in [7, 11) is 0. The number of aryl methyl sites for hydroxylation is 2. The largest absolute Gasteiger partial charge is 0.466 e. The van der Waals surface area contributed by atoms with Crippen LogP contribution in [0.15, 0.2) is 34.7 Å². The van der Waals surface area contributed by atoms with Crippen molar-refractivity contribution in [2.75, 3.05) is 25.0 Å². The van der Waals surface area contributed by atoms with Gasteiger partial charge in [-0.05, 0) is 63.9 Å². The van der Waals surface area contributed by atoms with Crippen molar-refractivity contribution in [3.63, 3.8) is 0 Å². The molecule has 1 aromatic carbocycles. The molecule has 26 heavy (non-hydrogen) atoms. The van der Waals surface area contributed by atoms with Gasteiger partial charge in [0.05, 0.1) is 10.7 Å². The van der Waals surface area contributed by atoms with Crippen LogP contribution in [0.25, 0.3) is 0 Å². The number of halogens is 1. The van der Waals surface area contributed by atoms with Gasteiger partial charge in [0.15, 0.2) is 0 Å². The second-order valence-corrected chi connectivity index (χ2v) is 7.38. The van der Waals surface area contributed by atoms with Crippen molar-refractivity contribution in [1.82, 2.24) is 10.2 Å². The number of amides is 2. The van der Waals surface area contributed by atoms with Crippen LogP contribution in [0, 0.1) is 19.8 Å². The molecule has 0 unspecified atom stereocenters. The maximum Gasteiger partial charge on any atom is 0.319 e. The SMILES string of the molecule is Cc1cc(CN2CCC(CNC(=O)Nc3ccccc3Cl)CC2)c(C)o1. The number of likely N-dealkylation sites (tertiary alicyclic amines) is 1. The maximum atomic E-state index is 12.1. The van der Waals surface area contributed by atoms with Gasteiger partial charge in [-0.3, -0.25) is 4.90 Å². The Labute approximate surface area is 159 Å². The molecule has 0 atom stereocenters. The highest BCUT2D eigenvalue weighted by Gasteiger charge is 2.21. The first-order chi connectivity index (χ1) is 12.5. The highest BCUT2D eigenvalue weighted by atomic mass is 35.5. The van der Waals surface area contributed by atoms with E-state index in [0.717, 1.165) is 44.0 Å². The lowest BCUT2D eigenvalue weighted by atomic mass is 9.96. The number of rotatable bonds is 5. The van der Waals surface area contributed by atoms with Crippen molar-refractivity contribution in [3.8, 4) is 0 Å². The van der Waals surface area contributed by atoms with Crippen LogP contribution in [0.5, 0.6) is 0 Å². The van der Waals surface area contributed by atoms with E-state index in [1.54, 1.807) is 12.1 Å². The average Bonchev–Trinajstić information content (AvgIpc) is 2.93. The Morgan fingerprint density at radius 1 is 1.27 bits per heavy atom. The number of piperidine rings is 1. The molecule has 6 heteroatoms. The van der Waals surface area contributed by atoms with Crippen molar-refractivity contribution >= 4 is 23.3 Å². The zero-order chi connectivity index (χ0) is 18.5. The molecule has 3 rings (SSSR count). The first kappa shape index (κ1) is 18.8. The van der Waals surface area contributed by atoms with E-state index in [-0.39, 0.29) is 6.03 Å². The number of para-hydroxylation sites is 1. The fourth-order valence-electron chi connectivity index (χ4n) is 3.40. The Hall–Kier alpha value is -1.98. The van der Waals surface area contributed by atoms with E-state index in [2.05, 4.69) is 21.6 Å². The number of benzene rings is 1. The fraction of sp³-hybridized carbons (Fsp3) is 0.450. The molecule has 2 heterocycles. The van der Waals surface area contributed by atoms with E-state index in [4.69, 9.17) is 16.0 Å². The molecule has 5 nitrogen and oxygen atoms in total. The molecule has 2 amide bonds. The third-order valence-electron chi connectivity index (χ3n) is 4.92. The number of nitrogens with one attached hydrogen (secondary N) is 2. The Morgan fingerprint density at radius 3 is 2.65 bits per heavy atom. The molecule has 0 aliphatic carbocycles. The minimum absolute atomic E-state index is 0.204. The molecule has 140 valence electrons. The Bertz CT molecular complexity index is 751. The highest BCUT2D eigenvalue weighted by Crippen LogP contribution is 2.22. The van der Waals surface area contributed by atoms with Crippen molar-refractivity contribution in [1.29, 1.82) is 0 Å². The van der Waals surface area contributed by atoms with Gasteiger partial charge >= 0.3 is 6.03 Å². The predicted molar refractivity (Wildman–Crippen MR) is 105 cm³/mol. The minimum Gasteiger partial charge on any atom is -0.466 e. The molecular weight excluding hydrogens is 350 g/mol. The molecule has 2 N–H and O–H groups in total. The monoisotopic (exact) mass is 375 g/mol. The summed E-state index contributed by atoms with van der Waals surface area (Å²) in [6, 6.07) is 9.16. The van der Waals surface area contributed by atoms with Crippen LogP contribution in [0.1, 0.15) is 29.9 Å². The molecular formula is C20H26ClN3O2. The van der Waals surface area contributed by atoms with Gasteiger partial charge in [-0.2, -0.15) is 0 Å². The zero-order valence-electron chi connectivity index (χ0n) is 15.3. The van der Waals surface area contributed by atoms with E-state index in [0.29, 0.717) is 23.2 Å². The third kappa shape index (κ3) is 5.02. The molecule has 1 aliphatic heterocycles. The fourth-order valence-corrected chi connectivity index (χ4v) is 3.58. The standard InChI is InChI=1S/C20H26ClN3O2/c1-14-11-17(15(2)26-14)13-24-9-7-16(8-10-24)12-22-20(25)23-19-6-4-3-5-18(19)21/h3-6,11,16H,7-10,12-13H2,1-2H3,(H2,22,23,25). The maximum absolute atomic E-state index is 12.1. The number of nitrogens with zero attached hydrogens (tertiary/aromatic N) is 1. The van der Waals surface area contributed by atoms with Gasteiger partial charge in [-0.15, -0.1) is 0 Å². The van der Waals surface area contributed by atoms with E-state index in [1.165, 1.54) is 5.56 Å². The number of hydrogen-bond acceptors (Lipinski definition) is 3. The summed E-state index contributed by atoms with van der Waals surface area (Å²) in [6.45, 7) is 7.73. The van der Waals surface area contributed by atoms with E-state index in [1.807, 2.05) is 26.0 Å². The van der Waals surface area contributed by atoms with E-state index < -0.39 is 0 Å². The van der Waals surface area contributed by atoms with Gasteiger partial charge in [0.2, 0.25) is 0 Å². The number of urea groups is 1. The number of carbonyl (C=O) groups is 1. The quantitative estimate of drug-likeness (QED) is 0.803. The molecule has 2 aromatic rings. The molecule has 0 radical (unpaired) electrons. The van der Waals surface area contributed by atoms with Gasteiger partial charge < -0.3 is 15.1 Å². The zero-order valence-corrected chi connectivity index (χ0v) is 16.1. The number of furan rings is 1. The lowest BCUT2D eigenvalue weighted by molar-refractivity contribution is 0.175. The summed E-state index contributed by atoms with van der Waals surface area (Å²) in [6.07, 6.45) is 2.17. The van der Waals surface area contributed by atoms with Gasteiger partial charge in [-0.1, -0.05) is 23.7 Å². The van der Waals surface area contributed by atoms with Gasteiger partial charge in [-0.25, -0.2) is 4.79 Å². The molecule has 1 aromatic heterocycles. The summed E-state index contributed by atoms with van der Waals surface area (Å²) in [5.41, 5.74) is 1.91. The van der Waals surface area contributed by atoms with Gasteiger partial charge in [0.1, 0.15) is 11.5 Å². The molecule has 1 aliphatic rings. The Morgan fingerprint density at radius 2 is 2.00 bits per heavy atom. The topological polar surface area (TPSA) is 57.5 Å². The Kier molecular flexibility index (Phi) is 6.22. The second kappa shape index (κ2) is 8.60. The van der Waals surface area contributed by atoms with Crippen molar-refractivity contribution in [3.05, 3.63) is 52.4 Å². The number of carbonyl (C=O) groups excluding carboxylic acids is 1. The molecule has 1 fully saturated rings. The summed E-state index contributed by atoms with van der Waals surface area (Å²) < 4.78 is 5.61. The third-order valence-corrected chi connectivity index (χ3v) is 5.25. The smallest absolute Gasteiger partial charge is 0.319 e. The van der Waals surface area contributed by atoms with E-state index >= 15 is 0 Å². The first-order valence-corrected chi connectivity index (χ1v) is 9.46. The molecule has 0 saturated carbocycles. The number of hydrogen-bond donors (Lipinski definition) is 2. The highest BCUT2D eigenvalue weighted by molar-refractivity contribution is 6.33. The van der Waals surface area contributed by atoms with Crippen LogP contribution in [-0.2, 0) is 6.54 Å². The summed E-state index contributed by atoms with van der Waals surface area (Å²) >= 11 is 6.06. The van der Waals surface area contributed by atoms with E-state index in [9.17, 15) is 4.79 Å². The summed E-state index contributed by atoms with van der Waals surface area (Å²) in [5, 5.41) is 6.30. The van der Waals surface area contributed by atoms with Crippen LogP contribution in [-0.4, -0.2) is 30.6 Å². The first-order valence-electron chi connectivity index (χ1n) is 9.09. The van der Waals surface area contributed by atoms with Crippen LogP contribution < -0.4 is 10.6 Å². The van der Waals surface area contributed by atoms with Crippen molar-refractivity contribution in [2.45, 2.75) is 33.2 Å². The van der Waals surface area contributed by atoms with Crippen LogP contribution in [0.2, 0.25) is 5.02 Å². The summed E-state index contributed by atoms with van der Waals surface area (Å²) in [5.74, 6) is 2.50. The second-order valence-electron chi connectivity index (χ2n) is 6.97. The molecule has 0 spiro atoms. The van der Waals surface area contributed by atoms with Crippen LogP contribution >= 0.6 is 11.6 Å². The van der Waals surface area contributed by atoms with Crippen LogP contribution in [0.3, 0.4) is 0 Å². The van der Waals surface area contributed by atoms with Gasteiger partial charge in [0, 0.05) is 18.7 Å². The van der Waals surface area contributed by atoms with Crippen molar-refractivity contribution < 1.29 is 9.21 Å². The van der Waals surface area contributed by atoms with Crippen LogP contribution in [0.4, 0.5) is 10.5 Å². The average molecular weight is 376 g/mol. The normalized spacial score (nSPS) is 15.8. The molecule has 0 bridgehead atoms. The minimum atomic E-state index is -0.204. The molecule has 1 saturated heterocycles. The lowest BCUT2D eigenvalue weighted by Gasteiger charge is -2.31.